The Morgan fingerprint density at radius 3 is 2.57 bits per heavy atom. The Morgan fingerprint density at radius 2 is 2.05 bits per heavy atom. The van der Waals surface area contributed by atoms with Gasteiger partial charge in [0.2, 0.25) is 0 Å². The van der Waals surface area contributed by atoms with Crippen LogP contribution in [0.2, 0.25) is 0 Å². The van der Waals surface area contributed by atoms with Crippen LogP contribution in [0.15, 0.2) is 18.2 Å². The van der Waals surface area contributed by atoms with Gasteiger partial charge in [-0.1, -0.05) is 6.92 Å². The summed E-state index contributed by atoms with van der Waals surface area (Å²) in [5, 5.41) is 0. The molecule has 3 nitrogen and oxygen atoms in total. The van der Waals surface area contributed by atoms with Gasteiger partial charge in [-0.05, 0) is 56.7 Å². The third kappa shape index (κ3) is 3.26. The standard InChI is InChI=1S/C17H23FO3/c1-4-21-17(9-7-12(2)8-10-17)16(19)13-5-6-15(20-3)14(18)11-13/h5-6,11-12H,4,7-10H2,1-3H3. The molecule has 1 saturated carbocycles. The molecule has 0 amide bonds. The third-order valence-corrected chi connectivity index (χ3v) is 4.33. The van der Waals surface area contributed by atoms with Crippen LogP contribution in [-0.2, 0) is 4.74 Å². The molecule has 116 valence electrons. The fraction of sp³-hybridized carbons (Fsp3) is 0.588. The first kappa shape index (κ1) is 16.0. The second-order valence-corrected chi connectivity index (χ2v) is 5.79. The predicted octanol–water partition coefficient (Wildman–Crippen LogP) is 4.00. The molecule has 1 aromatic carbocycles. The summed E-state index contributed by atoms with van der Waals surface area (Å²) in [4.78, 5) is 12.8. The smallest absolute Gasteiger partial charge is 0.194 e. The molecule has 0 saturated heterocycles. The highest BCUT2D eigenvalue weighted by Crippen LogP contribution is 2.37. The van der Waals surface area contributed by atoms with Crippen LogP contribution in [0.4, 0.5) is 4.39 Å². The Kier molecular flexibility index (Phi) is 4.99. The first-order valence-electron chi connectivity index (χ1n) is 7.54. The molecule has 0 atom stereocenters. The number of rotatable bonds is 5. The summed E-state index contributed by atoms with van der Waals surface area (Å²) < 4.78 is 24.6. The number of Topliss-reactive ketones (excluding diaryl/α,β-unsaturated/α-hetero) is 1. The van der Waals surface area contributed by atoms with Crippen molar-refractivity contribution in [2.24, 2.45) is 5.92 Å². The topological polar surface area (TPSA) is 35.5 Å². The van der Waals surface area contributed by atoms with Gasteiger partial charge < -0.3 is 9.47 Å². The zero-order valence-electron chi connectivity index (χ0n) is 12.9. The minimum Gasteiger partial charge on any atom is -0.494 e. The molecule has 1 aromatic rings. The van der Waals surface area contributed by atoms with Crippen LogP contribution in [0.1, 0.15) is 49.9 Å². The van der Waals surface area contributed by atoms with Crippen molar-refractivity contribution < 1.29 is 18.7 Å². The lowest BCUT2D eigenvalue weighted by Crippen LogP contribution is -2.44. The average Bonchev–Trinajstić information content (AvgIpc) is 2.49. The largest absolute Gasteiger partial charge is 0.494 e. The van der Waals surface area contributed by atoms with Crippen molar-refractivity contribution >= 4 is 5.78 Å². The van der Waals surface area contributed by atoms with Crippen LogP contribution in [0.5, 0.6) is 5.75 Å². The van der Waals surface area contributed by atoms with Crippen LogP contribution < -0.4 is 4.74 Å². The predicted molar refractivity (Wildman–Crippen MR) is 79.3 cm³/mol. The number of hydrogen-bond acceptors (Lipinski definition) is 3. The molecule has 0 radical (unpaired) electrons. The minimum absolute atomic E-state index is 0.113. The van der Waals surface area contributed by atoms with E-state index in [9.17, 15) is 9.18 Å². The van der Waals surface area contributed by atoms with E-state index < -0.39 is 11.4 Å². The van der Waals surface area contributed by atoms with Gasteiger partial charge in [0.05, 0.1) is 7.11 Å². The molecule has 1 fully saturated rings. The number of ether oxygens (including phenoxy) is 2. The first-order valence-corrected chi connectivity index (χ1v) is 7.54. The van der Waals surface area contributed by atoms with E-state index in [4.69, 9.17) is 9.47 Å². The van der Waals surface area contributed by atoms with Crippen molar-refractivity contribution in [1.29, 1.82) is 0 Å². The highest BCUT2D eigenvalue weighted by Gasteiger charge is 2.42. The lowest BCUT2D eigenvalue weighted by atomic mass is 9.75. The summed E-state index contributed by atoms with van der Waals surface area (Å²) in [6.07, 6.45) is 3.33. The Balaban J connectivity index is 2.28. The van der Waals surface area contributed by atoms with Gasteiger partial charge in [0, 0.05) is 12.2 Å². The quantitative estimate of drug-likeness (QED) is 0.770. The molecule has 2 rings (SSSR count). The van der Waals surface area contributed by atoms with E-state index >= 15 is 0 Å². The molecule has 0 N–H and O–H groups in total. The molecule has 1 aliphatic rings. The second-order valence-electron chi connectivity index (χ2n) is 5.79. The van der Waals surface area contributed by atoms with Gasteiger partial charge >= 0.3 is 0 Å². The highest BCUT2D eigenvalue weighted by atomic mass is 19.1. The monoisotopic (exact) mass is 294 g/mol. The Labute approximate surface area is 125 Å². The molecule has 0 unspecified atom stereocenters. The molecule has 4 heteroatoms. The van der Waals surface area contributed by atoms with Gasteiger partial charge in [0.15, 0.2) is 17.3 Å². The van der Waals surface area contributed by atoms with E-state index in [2.05, 4.69) is 6.92 Å². The molecule has 0 heterocycles. The number of ketones is 1. The van der Waals surface area contributed by atoms with Crippen molar-refractivity contribution in [2.45, 2.75) is 45.1 Å². The van der Waals surface area contributed by atoms with Gasteiger partial charge in [-0.25, -0.2) is 4.39 Å². The fourth-order valence-corrected chi connectivity index (χ4v) is 3.01. The average molecular weight is 294 g/mol. The minimum atomic E-state index is -0.789. The van der Waals surface area contributed by atoms with Crippen molar-refractivity contribution in [3.8, 4) is 5.75 Å². The number of hydrogen-bond donors (Lipinski definition) is 0. The summed E-state index contributed by atoms with van der Waals surface area (Å²) in [5.41, 5.74) is -0.432. The van der Waals surface area contributed by atoms with Crippen LogP contribution in [0.3, 0.4) is 0 Å². The third-order valence-electron chi connectivity index (χ3n) is 4.33. The van der Waals surface area contributed by atoms with Crippen molar-refractivity contribution in [3.63, 3.8) is 0 Å². The van der Waals surface area contributed by atoms with Gasteiger partial charge in [-0.3, -0.25) is 4.79 Å². The van der Waals surface area contributed by atoms with Crippen LogP contribution in [0.25, 0.3) is 0 Å². The SMILES string of the molecule is CCOC1(C(=O)c2ccc(OC)c(F)c2)CCC(C)CC1. The van der Waals surface area contributed by atoms with Crippen molar-refractivity contribution in [2.75, 3.05) is 13.7 Å². The maximum atomic E-state index is 13.8. The summed E-state index contributed by atoms with van der Waals surface area (Å²) in [7, 11) is 1.41. The maximum absolute atomic E-state index is 13.8. The molecule has 1 aliphatic carbocycles. The summed E-state index contributed by atoms with van der Waals surface area (Å²) in [5.74, 6) is 0.130. The molecule has 0 aliphatic heterocycles. The number of carbonyl (C=O) groups excluding carboxylic acids is 1. The van der Waals surface area contributed by atoms with E-state index in [0.717, 1.165) is 12.8 Å². The summed E-state index contributed by atoms with van der Waals surface area (Å²) in [6, 6.07) is 4.36. The van der Waals surface area contributed by atoms with Crippen LogP contribution in [-0.4, -0.2) is 25.1 Å². The highest BCUT2D eigenvalue weighted by molar-refractivity contribution is 6.02. The van der Waals surface area contributed by atoms with Crippen LogP contribution >= 0.6 is 0 Å². The summed E-state index contributed by atoms with van der Waals surface area (Å²) >= 11 is 0. The first-order chi connectivity index (χ1) is 10.0. The Bertz CT molecular complexity index is 505. The molecule has 0 aromatic heterocycles. The molecule has 21 heavy (non-hydrogen) atoms. The van der Waals surface area contributed by atoms with Gasteiger partial charge in [0.25, 0.3) is 0 Å². The van der Waals surface area contributed by atoms with Gasteiger partial charge in [-0.2, -0.15) is 0 Å². The van der Waals surface area contributed by atoms with E-state index in [1.165, 1.54) is 19.2 Å². The van der Waals surface area contributed by atoms with E-state index in [1.54, 1.807) is 6.07 Å². The molecule has 0 bridgehead atoms. The van der Waals surface area contributed by atoms with E-state index in [0.29, 0.717) is 30.9 Å². The van der Waals surface area contributed by atoms with E-state index in [-0.39, 0.29) is 11.5 Å². The lowest BCUT2D eigenvalue weighted by molar-refractivity contribution is -0.0474. The number of carbonyl (C=O) groups is 1. The second kappa shape index (κ2) is 6.56. The fourth-order valence-electron chi connectivity index (χ4n) is 3.01. The number of halogens is 1. The van der Waals surface area contributed by atoms with Gasteiger partial charge in [0.1, 0.15) is 5.60 Å². The molecular formula is C17H23FO3. The Morgan fingerprint density at radius 1 is 1.38 bits per heavy atom. The van der Waals surface area contributed by atoms with Crippen molar-refractivity contribution in [1.82, 2.24) is 0 Å². The lowest BCUT2D eigenvalue weighted by Gasteiger charge is -2.37. The zero-order chi connectivity index (χ0) is 15.5. The van der Waals surface area contributed by atoms with Crippen molar-refractivity contribution in [3.05, 3.63) is 29.6 Å². The van der Waals surface area contributed by atoms with Gasteiger partial charge in [-0.15, -0.1) is 0 Å². The molecule has 0 spiro atoms. The number of benzene rings is 1. The normalized spacial score (nSPS) is 25.6. The van der Waals surface area contributed by atoms with Crippen LogP contribution in [0, 0.1) is 11.7 Å². The Hall–Kier alpha value is -1.42. The number of methoxy groups -OCH3 is 1. The summed E-state index contributed by atoms with van der Waals surface area (Å²) in [6.45, 7) is 4.56. The van der Waals surface area contributed by atoms with E-state index in [1.807, 2.05) is 6.92 Å². The maximum Gasteiger partial charge on any atom is 0.194 e. The molecular weight excluding hydrogens is 271 g/mol. The zero-order valence-corrected chi connectivity index (χ0v) is 12.9.